The number of hydrogen-bond acceptors (Lipinski definition) is 4. The molecule has 2 aromatic rings. The molecule has 160 valence electrons. The predicted octanol–water partition coefficient (Wildman–Crippen LogP) is 5.49. The lowest BCUT2D eigenvalue weighted by Crippen LogP contribution is -2.35. The Kier molecular flexibility index (Phi) is 5.47. The number of nitrogens with zero attached hydrogens (tertiary/aromatic N) is 4. The van der Waals surface area contributed by atoms with Crippen LogP contribution < -0.4 is 0 Å². The van der Waals surface area contributed by atoms with Gasteiger partial charge in [0.05, 0.1) is 5.57 Å². The Balaban J connectivity index is 1.71. The summed E-state index contributed by atoms with van der Waals surface area (Å²) in [6, 6.07) is 10.6. The number of amides is 1. The maximum Gasteiger partial charge on any atom is 0.283 e. The van der Waals surface area contributed by atoms with Crippen molar-refractivity contribution in [1.29, 1.82) is 5.41 Å². The van der Waals surface area contributed by atoms with Crippen LogP contribution >= 0.6 is 11.8 Å². The maximum atomic E-state index is 12.7. The second-order valence-electron chi connectivity index (χ2n) is 8.52. The molecule has 0 fully saturated rings. The number of benzene rings is 1. The van der Waals surface area contributed by atoms with Crippen LogP contribution in [0.1, 0.15) is 56.1 Å². The van der Waals surface area contributed by atoms with Gasteiger partial charge in [-0.2, -0.15) is 15.1 Å². The number of carbonyl (C=O) groups excluding carboxylic acids is 1. The average molecular weight is 434 g/mol. The van der Waals surface area contributed by atoms with Crippen molar-refractivity contribution in [3.05, 3.63) is 58.4 Å². The van der Waals surface area contributed by atoms with Gasteiger partial charge in [-0.05, 0) is 66.9 Å². The summed E-state index contributed by atoms with van der Waals surface area (Å²) < 4.78 is 2.17. The van der Waals surface area contributed by atoms with Gasteiger partial charge in [0, 0.05) is 23.0 Å². The molecule has 4 rings (SSSR count). The quantitative estimate of drug-likeness (QED) is 0.648. The zero-order valence-corrected chi connectivity index (χ0v) is 19.5. The molecule has 0 atom stereocenters. The molecular formula is C24H27N5OS. The first kappa shape index (κ1) is 21.3. The molecule has 6 nitrogen and oxygen atoms in total. The summed E-state index contributed by atoms with van der Waals surface area (Å²) in [5, 5.41) is 15.9. The van der Waals surface area contributed by atoms with Crippen LogP contribution in [0.5, 0.6) is 0 Å². The lowest BCUT2D eigenvalue weighted by molar-refractivity contribution is -0.114. The van der Waals surface area contributed by atoms with Crippen molar-refractivity contribution in [3.8, 4) is 5.69 Å². The highest BCUT2D eigenvalue weighted by molar-refractivity contribution is 8.27. The second-order valence-corrected chi connectivity index (χ2v) is 9.51. The van der Waals surface area contributed by atoms with E-state index in [2.05, 4.69) is 52.8 Å². The Morgan fingerprint density at radius 2 is 1.74 bits per heavy atom. The van der Waals surface area contributed by atoms with Gasteiger partial charge in [-0.15, -0.1) is 0 Å². The van der Waals surface area contributed by atoms with E-state index in [-0.39, 0.29) is 17.3 Å². The van der Waals surface area contributed by atoms with Gasteiger partial charge in [0.25, 0.3) is 5.91 Å². The summed E-state index contributed by atoms with van der Waals surface area (Å²) in [7, 11) is 0. The normalized spacial score (nSPS) is 17.7. The smallest absolute Gasteiger partial charge is 0.283 e. The standard InChI is InChI=1S/C24H27N5OS/c1-13(2)17-7-9-19(10-8-17)28-15(5)11-18(16(28)6)12-20-21(25)29-24(26-22(20)30)31-23(27-29)14(3)4/h7-14,25H,1-6H3/b20-12+,25-21?. The van der Waals surface area contributed by atoms with E-state index in [0.717, 1.165) is 27.7 Å². The molecule has 2 aliphatic heterocycles. The molecule has 0 saturated carbocycles. The summed E-state index contributed by atoms with van der Waals surface area (Å²) in [4.78, 5) is 16.9. The van der Waals surface area contributed by atoms with Gasteiger partial charge in [0.1, 0.15) is 5.04 Å². The Bertz CT molecular complexity index is 1170. The highest BCUT2D eigenvalue weighted by Gasteiger charge is 2.36. The minimum absolute atomic E-state index is 0.0734. The highest BCUT2D eigenvalue weighted by atomic mass is 32.2. The van der Waals surface area contributed by atoms with Crippen LogP contribution in [0.4, 0.5) is 0 Å². The van der Waals surface area contributed by atoms with Crippen LogP contribution in [0, 0.1) is 25.2 Å². The van der Waals surface area contributed by atoms with Crippen LogP contribution in [0.2, 0.25) is 0 Å². The molecule has 0 saturated heterocycles. The van der Waals surface area contributed by atoms with Gasteiger partial charge in [0.2, 0.25) is 5.17 Å². The number of rotatable bonds is 4. The van der Waals surface area contributed by atoms with E-state index < -0.39 is 5.91 Å². The molecule has 1 aromatic carbocycles. The molecule has 0 aliphatic carbocycles. The SMILES string of the molecule is Cc1cc(/C=C2\C(=N)N3N=C(C(C)C)SC3=NC2=O)c(C)n1-c1ccc(C(C)C)cc1. The summed E-state index contributed by atoms with van der Waals surface area (Å²) >= 11 is 1.36. The third-order valence-corrected chi connectivity index (χ3v) is 6.76. The first-order valence-corrected chi connectivity index (χ1v) is 11.3. The van der Waals surface area contributed by atoms with Crippen molar-refractivity contribution in [1.82, 2.24) is 9.58 Å². The topological polar surface area (TPSA) is 73.8 Å². The lowest BCUT2D eigenvalue weighted by atomic mass is 10.0. The molecule has 0 bridgehead atoms. The average Bonchev–Trinajstić information content (AvgIpc) is 3.26. The maximum absolute atomic E-state index is 12.7. The zero-order valence-electron chi connectivity index (χ0n) is 18.7. The van der Waals surface area contributed by atoms with Gasteiger partial charge >= 0.3 is 0 Å². The van der Waals surface area contributed by atoms with Crippen LogP contribution in [0.3, 0.4) is 0 Å². The van der Waals surface area contributed by atoms with Gasteiger partial charge in [-0.25, -0.2) is 0 Å². The molecule has 2 aliphatic rings. The summed E-state index contributed by atoms with van der Waals surface area (Å²) in [6.45, 7) is 12.5. The fourth-order valence-corrected chi connectivity index (χ4v) is 4.63. The van der Waals surface area contributed by atoms with Crippen molar-refractivity contribution in [3.63, 3.8) is 0 Å². The van der Waals surface area contributed by atoms with E-state index in [1.54, 1.807) is 6.08 Å². The molecule has 3 heterocycles. The minimum Gasteiger partial charge on any atom is -0.318 e. The first-order chi connectivity index (χ1) is 14.7. The Hall–Kier alpha value is -2.93. The third-order valence-electron chi connectivity index (χ3n) is 5.55. The van der Waals surface area contributed by atoms with Gasteiger partial charge < -0.3 is 4.57 Å². The number of fused-ring (bicyclic) bond motifs is 1. The number of hydrazone groups is 1. The van der Waals surface area contributed by atoms with E-state index >= 15 is 0 Å². The first-order valence-electron chi connectivity index (χ1n) is 10.5. The van der Waals surface area contributed by atoms with Crippen molar-refractivity contribution >= 4 is 39.8 Å². The van der Waals surface area contributed by atoms with Crippen molar-refractivity contribution in [2.24, 2.45) is 16.0 Å². The monoisotopic (exact) mass is 433 g/mol. The molecule has 31 heavy (non-hydrogen) atoms. The van der Waals surface area contributed by atoms with E-state index in [9.17, 15) is 4.79 Å². The molecule has 0 unspecified atom stereocenters. The van der Waals surface area contributed by atoms with E-state index in [0.29, 0.717) is 11.1 Å². The highest BCUT2D eigenvalue weighted by Crippen LogP contribution is 2.32. The Morgan fingerprint density at radius 3 is 2.35 bits per heavy atom. The fourth-order valence-electron chi connectivity index (χ4n) is 3.74. The number of aliphatic imine (C=N–C) groups is 1. The Labute approximate surface area is 187 Å². The van der Waals surface area contributed by atoms with Crippen LogP contribution in [-0.4, -0.2) is 31.5 Å². The van der Waals surface area contributed by atoms with Crippen LogP contribution in [-0.2, 0) is 4.79 Å². The molecular weight excluding hydrogens is 406 g/mol. The number of nitrogens with one attached hydrogen (secondary N) is 1. The van der Waals surface area contributed by atoms with Crippen LogP contribution in [0.25, 0.3) is 11.8 Å². The third kappa shape index (κ3) is 3.78. The van der Waals surface area contributed by atoms with Crippen molar-refractivity contribution in [2.45, 2.75) is 47.5 Å². The number of hydrogen-bond donors (Lipinski definition) is 1. The van der Waals surface area contributed by atoms with Crippen molar-refractivity contribution in [2.75, 3.05) is 0 Å². The number of amidine groups is 2. The molecule has 0 radical (unpaired) electrons. The van der Waals surface area contributed by atoms with Gasteiger partial charge in [-0.1, -0.05) is 39.8 Å². The summed E-state index contributed by atoms with van der Waals surface area (Å²) in [6.07, 6.45) is 1.76. The molecule has 1 aromatic heterocycles. The van der Waals surface area contributed by atoms with E-state index in [1.165, 1.54) is 22.3 Å². The Morgan fingerprint density at radius 1 is 1.06 bits per heavy atom. The lowest BCUT2D eigenvalue weighted by Gasteiger charge is -2.20. The van der Waals surface area contributed by atoms with E-state index in [1.807, 2.05) is 33.8 Å². The van der Waals surface area contributed by atoms with Gasteiger partial charge in [-0.3, -0.25) is 10.2 Å². The zero-order chi connectivity index (χ0) is 22.4. The van der Waals surface area contributed by atoms with Gasteiger partial charge in [0.15, 0.2) is 5.84 Å². The fraction of sp³-hybridized carbons (Fsp3) is 0.333. The molecule has 7 heteroatoms. The number of carbonyl (C=O) groups is 1. The largest absolute Gasteiger partial charge is 0.318 e. The number of aryl methyl sites for hydroxylation is 1. The minimum atomic E-state index is -0.393. The number of thioether (sulfide) groups is 1. The van der Waals surface area contributed by atoms with E-state index in [4.69, 9.17) is 5.41 Å². The van der Waals surface area contributed by atoms with Crippen molar-refractivity contribution < 1.29 is 4.79 Å². The van der Waals surface area contributed by atoms with Crippen LogP contribution in [0.15, 0.2) is 46.0 Å². The molecule has 1 amide bonds. The molecule has 1 N–H and O–H groups in total. The summed E-state index contributed by atoms with van der Waals surface area (Å²) in [5.74, 6) is 0.381. The predicted molar refractivity (Wildman–Crippen MR) is 129 cm³/mol. The number of aromatic nitrogens is 1. The molecule has 0 spiro atoms. The second kappa shape index (κ2) is 7.96. The summed E-state index contributed by atoms with van der Waals surface area (Å²) in [5.41, 5.74) is 5.62.